The smallest absolute Gasteiger partial charge is 0.408 e. The molecule has 0 radical (unpaired) electrons. The van der Waals surface area contributed by atoms with Gasteiger partial charge in [0.1, 0.15) is 49.1 Å². The van der Waals surface area contributed by atoms with Crippen LogP contribution in [0, 0.1) is 0 Å². The lowest BCUT2D eigenvalue weighted by Gasteiger charge is -2.54. The second-order valence-electron chi connectivity index (χ2n) is 18.1. The SMILES string of the molecule is CCCCOC[C@H]1O[C@@](OCCCC)(C(F)(F)CNCCCC[C@H](NC(=O)OCc2ccccc2)C(=O)N[C@@H](C)C(=O)N[C@@H](C)C(=O)OCCCC)[C@H](OCCCC)[C@@H](OCCCC)[C@H]1OCCCC. The summed E-state index contributed by atoms with van der Waals surface area (Å²) in [6, 6.07) is 5.81. The van der Waals surface area contributed by atoms with Crippen molar-refractivity contribution in [1.82, 2.24) is 21.3 Å². The van der Waals surface area contributed by atoms with Crippen LogP contribution < -0.4 is 21.3 Å². The molecule has 1 aliphatic heterocycles. The Morgan fingerprint density at radius 2 is 1.23 bits per heavy atom. The standard InChI is InChI=1S/C52H90F2N4O12/c1-9-15-30-63-37-43-44(64-31-16-10-2)45(65-32-17-11-3)46(66-33-18-12-4)52(70-43,69-35-20-14-6)51(53,54)38-55-29-25-24-28-42(58-50(62)68-36-41-26-22-21-23-27-41)48(60)56-39(7)47(59)57-40(8)49(61)67-34-19-13-5/h21-23,26-27,39-40,42-46,55H,9-20,24-25,28-38H2,1-8H3,(H,56,60)(H,57,59)(H,58,62)/t39-,40-,42-,43+,44-,45-,46+,52+/m0/s1. The van der Waals surface area contributed by atoms with Gasteiger partial charge < -0.3 is 59.2 Å². The predicted molar refractivity (Wildman–Crippen MR) is 264 cm³/mol. The maximum absolute atomic E-state index is 17.5. The Labute approximate surface area is 417 Å². The number of alkyl carbamates (subject to hydrolysis) is 1. The number of unbranched alkanes of at least 4 members (excludes halogenated alkanes) is 7. The molecule has 1 saturated heterocycles. The van der Waals surface area contributed by atoms with Gasteiger partial charge in [-0.1, -0.05) is 110 Å². The van der Waals surface area contributed by atoms with Crippen LogP contribution in [0.5, 0.6) is 0 Å². The summed E-state index contributed by atoms with van der Waals surface area (Å²) in [5, 5.41) is 10.7. The molecule has 1 aromatic rings. The van der Waals surface area contributed by atoms with Crippen molar-refractivity contribution in [1.29, 1.82) is 0 Å². The van der Waals surface area contributed by atoms with E-state index in [0.29, 0.717) is 64.8 Å². The maximum atomic E-state index is 17.5. The van der Waals surface area contributed by atoms with E-state index in [1.165, 1.54) is 13.8 Å². The zero-order chi connectivity index (χ0) is 51.6. The van der Waals surface area contributed by atoms with Crippen LogP contribution in [0.15, 0.2) is 30.3 Å². The van der Waals surface area contributed by atoms with Gasteiger partial charge in [0, 0.05) is 26.4 Å². The van der Waals surface area contributed by atoms with Crippen LogP contribution in [0.1, 0.15) is 157 Å². The number of amides is 3. The fraction of sp³-hybridized carbons (Fsp3) is 0.808. The molecule has 0 aliphatic carbocycles. The van der Waals surface area contributed by atoms with Crippen LogP contribution in [-0.2, 0) is 58.9 Å². The molecule has 70 heavy (non-hydrogen) atoms. The topological polar surface area (TPSA) is 190 Å². The molecule has 2 rings (SSSR count). The fourth-order valence-corrected chi connectivity index (χ4v) is 7.45. The van der Waals surface area contributed by atoms with Crippen molar-refractivity contribution in [2.45, 2.75) is 213 Å². The number of rotatable bonds is 40. The normalized spacial score (nSPS) is 20.5. The predicted octanol–water partition coefficient (Wildman–Crippen LogP) is 8.31. The highest BCUT2D eigenvalue weighted by Crippen LogP contribution is 2.46. The van der Waals surface area contributed by atoms with E-state index in [-0.39, 0.29) is 46.0 Å². The van der Waals surface area contributed by atoms with Gasteiger partial charge in [-0.05, 0) is 83.7 Å². The number of benzene rings is 1. The van der Waals surface area contributed by atoms with Crippen molar-refractivity contribution >= 4 is 23.9 Å². The van der Waals surface area contributed by atoms with Gasteiger partial charge in [-0.15, -0.1) is 0 Å². The minimum Gasteiger partial charge on any atom is -0.464 e. The Hall–Kier alpha value is -3.52. The van der Waals surface area contributed by atoms with Gasteiger partial charge in [-0.2, -0.15) is 8.78 Å². The molecule has 0 aromatic heterocycles. The molecule has 0 saturated carbocycles. The molecule has 0 spiro atoms. The second-order valence-corrected chi connectivity index (χ2v) is 18.1. The third-order valence-corrected chi connectivity index (χ3v) is 11.8. The molecule has 3 amide bonds. The highest BCUT2D eigenvalue weighted by Gasteiger charge is 2.69. The van der Waals surface area contributed by atoms with Crippen molar-refractivity contribution in [3.8, 4) is 0 Å². The summed E-state index contributed by atoms with van der Waals surface area (Å²) in [5.41, 5.74) is 0.736. The van der Waals surface area contributed by atoms with Gasteiger partial charge in [0.2, 0.25) is 11.8 Å². The van der Waals surface area contributed by atoms with Gasteiger partial charge >= 0.3 is 18.0 Å². The van der Waals surface area contributed by atoms with Gasteiger partial charge in [-0.25, -0.2) is 9.59 Å². The monoisotopic (exact) mass is 1000 g/mol. The van der Waals surface area contributed by atoms with Crippen molar-refractivity contribution in [3.63, 3.8) is 0 Å². The van der Waals surface area contributed by atoms with E-state index in [1.54, 1.807) is 24.3 Å². The summed E-state index contributed by atoms with van der Waals surface area (Å²) in [7, 11) is 0. The van der Waals surface area contributed by atoms with Gasteiger partial charge in [0.25, 0.3) is 5.79 Å². The molecule has 8 atom stereocenters. The quantitative estimate of drug-likeness (QED) is 0.0363. The summed E-state index contributed by atoms with van der Waals surface area (Å²) in [5.74, 6) is -8.16. The number of ether oxygens (including phenoxy) is 8. The van der Waals surface area contributed by atoms with Crippen LogP contribution in [0.25, 0.3) is 0 Å². The molecule has 1 aliphatic rings. The highest BCUT2D eigenvalue weighted by atomic mass is 19.3. The van der Waals surface area contributed by atoms with Gasteiger partial charge in [0.05, 0.1) is 26.4 Å². The molecule has 18 heteroatoms. The third-order valence-electron chi connectivity index (χ3n) is 11.8. The Morgan fingerprint density at radius 1 is 0.657 bits per heavy atom. The van der Waals surface area contributed by atoms with Crippen LogP contribution in [0.3, 0.4) is 0 Å². The van der Waals surface area contributed by atoms with Crippen molar-refractivity contribution in [2.75, 3.05) is 59.3 Å². The molecule has 4 N–H and O–H groups in total. The molecule has 0 unspecified atom stereocenters. The van der Waals surface area contributed by atoms with Crippen LogP contribution in [0.4, 0.5) is 13.6 Å². The number of carbonyl (C=O) groups is 4. The third kappa shape index (κ3) is 22.5. The number of carbonyl (C=O) groups excluding carboxylic acids is 4. The molecular formula is C52H90F2N4O12. The number of halogens is 2. The molecule has 16 nitrogen and oxygen atoms in total. The van der Waals surface area contributed by atoms with Crippen molar-refractivity contribution in [2.24, 2.45) is 0 Å². The van der Waals surface area contributed by atoms with Crippen molar-refractivity contribution in [3.05, 3.63) is 35.9 Å². The first kappa shape index (κ1) is 62.6. The van der Waals surface area contributed by atoms with Crippen LogP contribution in [-0.4, -0.2) is 137 Å². The van der Waals surface area contributed by atoms with E-state index < -0.39 is 84.7 Å². The van der Waals surface area contributed by atoms with Crippen molar-refractivity contribution < 1.29 is 65.9 Å². The average molecular weight is 1000 g/mol. The van der Waals surface area contributed by atoms with E-state index in [2.05, 4.69) is 28.2 Å². The largest absolute Gasteiger partial charge is 0.464 e. The first-order valence-corrected chi connectivity index (χ1v) is 26.3. The molecular weight excluding hydrogens is 911 g/mol. The second kappa shape index (κ2) is 36.4. The minimum atomic E-state index is -3.67. The first-order chi connectivity index (χ1) is 33.7. The first-order valence-electron chi connectivity index (χ1n) is 26.3. The summed E-state index contributed by atoms with van der Waals surface area (Å²) < 4.78 is 84.1. The Bertz CT molecular complexity index is 1570. The van der Waals surface area contributed by atoms with E-state index in [9.17, 15) is 19.2 Å². The summed E-state index contributed by atoms with van der Waals surface area (Å²) in [4.78, 5) is 52.0. The van der Waals surface area contributed by atoms with E-state index >= 15 is 8.78 Å². The van der Waals surface area contributed by atoms with E-state index in [1.807, 2.05) is 40.7 Å². The van der Waals surface area contributed by atoms with E-state index in [4.69, 9.17) is 37.9 Å². The lowest BCUT2D eigenvalue weighted by atomic mass is 9.87. The van der Waals surface area contributed by atoms with Crippen LogP contribution in [0.2, 0.25) is 0 Å². The molecule has 404 valence electrons. The van der Waals surface area contributed by atoms with Gasteiger partial charge in [0.15, 0.2) is 0 Å². The van der Waals surface area contributed by atoms with Gasteiger partial charge in [-0.3, -0.25) is 9.59 Å². The molecule has 0 bridgehead atoms. The Morgan fingerprint density at radius 3 is 1.87 bits per heavy atom. The lowest BCUT2D eigenvalue weighted by Crippen LogP contribution is -2.75. The van der Waals surface area contributed by atoms with E-state index in [0.717, 1.165) is 50.5 Å². The molecule has 1 aromatic carbocycles. The zero-order valence-electron chi connectivity index (χ0n) is 43.8. The van der Waals surface area contributed by atoms with Crippen LogP contribution >= 0.6 is 0 Å². The highest BCUT2D eigenvalue weighted by molar-refractivity contribution is 5.92. The number of hydrogen-bond donors (Lipinski definition) is 4. The Kier molecular flexibility index (Phi) is 32.6. The zero-order valence-corrected chi connectivity index (χ0v) is 43.8. The maximum Gasteiger partial charge on any atom is 0.408 e. The molecule has 1 heterocycles. The minimum absolute atomic E-state index is 0.00653. The number of nitrogens with one attached hydrogen (secondary N) is 4. The average Bonchev–Trinajstić information content (AvgIpc) is 3.34. The Balaban J connectivity index is 2.33. The fourth-order valence-electron chi connectivity index (χ4n) is 7.45. The number of esters is 1. The number of alkyl halides is 2. The lowest BCUT2D eigenvalue weighted by molar-refractivity contribution is -0.432. The summed E-state index contributed by atoms with van der Waals surface area (Å²) in [6.45, 7) is 15.7. The number of hydrogen-bond acceptors (Lipinski definition) is 13. The molecule has 1 fully saturated rings. The summed E-state index contributed by atoms with van der Waals surface area (Å²) >= 11 is 0. The summed E-state index contributed by atoms with van der Waals surface area (Å²) in [6.07, 6.45) is 4.78.